The SMILES string of the molecule is CC[C@H](C)[C@H](NC(=O)[C@H](CO)CC(=O)[C@H](Cc1ccc(O)cc1)NC(=O)[C@H](CC(=O)O)CC(=O)[C@H](CO)NC(=O)[C@@H](CC(=O)[C@H](Cc1ccccc1)NC(=O)[C@@H](CC(=O)CNC(=O)[C@H](CCC(=O)O)NC(=O)CSCC(=O)NCCN1C(=O)c2cccnc2C1=O)[C@@H](C)O)[C@@H](C)O)C(=O)C[C@@H](Cc1ccc(O)cc1)C(=O)N[C@@H](CC(C)C)C(=O)C[C@@H](CC(=O)O)C(=O)N[C@H](C)CCCCN. The number of aliphatic hydroxyl groups is 4. The van der Waals surface area contributed by atoms with Crippen molar-refractivity contribution in [3.8, 4) is 11.5 Å². The number of Topliss-reactive ketones (excluding diaryl/α,β-unsaturated/α-hetero) is 6. The number of aromatic nitrogens is 1. The van der Waals surface area contributed by atoms with Gasteiger partial charge in [-0.1, -0.05) is 95.1 Å². The number of carboxylic acid groups (broad SMARTS) is 3. The van der Waals surface area contributed by atoms with Gasteiger partial charge in [-0.25, -0.2) is 0 Å². The number of nitrogens with one attached hydrogen (secondary N) is 9. The molecule has 11 amide bonds. The number of phenols is 2. The van der Waals surface area contributed by atoms with Crippen LogP contribution in [0.2, 0.25) is 0 Å². The first-order chi connectivity index (χ1) is 63.9. The molecule has 0 saturated carbocycles. The van der Waals surface area contributed by atoms with Gasteiger partial charge < -0.3 is 99.5 Å². The number of thioether (sulfide) groups is 1. The van der Waals surface area contributed by atoms with E-state index in [4.69, 9.17) is 5.73 Å². The van der Waals surface area contributed by atoms with Gasteiger partial charge in [0.15, 0.2) is 34.7 Å². The molecule has 42 heteroatoms. The maximum atomic E-state index is 14.9. The number of unbranched alkanes of at least 4 members (excludes halogenated alkanes) is 1. The van der Waals surface area contributed by atoms with E-state index < -0.39 is 310 Å². The first kappa shape index (κ1) is 113. The number of hydrogen-bond acceptors (Lipinski definition) is 29. The molecule has 1 aromatic heterocycles. The van der Waals surface area contributed by atoms with E-state index in [2.05, 4.69) is 52.8 Å². The number of phenolic OH excluding ortho intramolecular Hbond substituents is 2. The third kappa shape index (κ3) is 38.7. The zero-order chi connectivity index (χ0) is 100. The van der Waals surface area contributed by atoms with Gasteiger partial charge in [-0.05, 0) is 137 Å². The van der Waals surface area contributed by atoms with E-state index in [-0.39, 0.29) is 78.8 Å². The Hall–Kier alpha value is -12.6. The highest BCUT2D eigenvalue weighted by atomic mass is 32.2. The van der Waals surface area contributed by atoms with Crippen molar-refractivity contribution in [3.63, 3.8) is 0 Å². The number of aromatic hydroxyl groups is 2. The van der Waals surface area contributed by atoms with Crippen LogP contribution in [0.3, 0.4) is 0 Å². The summed E-state index contributed by atoms with van der Waals surface area (Å²) in [5, 5.41) is 116. The van der Waals surface area contributed by atoms with Gasteiger partial charge in [-0.15, -0.1) is 11.8 Å². The van der Waals surface area contributed by atoms with E-state index in [0.717, 1.165) is 30.5 Å². The number of hydrogen-bond donors (Lipinski definition) is 19. The number of carbonyl (C=O) groups is 20. The van der Waals surface area contributed by atoms with Gasteiger partial charge >= 0.3 is 17.9 Å². The van der Waals surface area contributed by atoms with Crippen molar-refractivity contribution >= 4 is 129 Å². The Kier molecular flexibility index (Phi) is 47.8. The summed E-state index contributed by atoms with van der Waals surface area (Å²) >= 11 is 0.794. The minimum Gasteiger partial charge on any atom is -0.508 e. The van der Waals surface area contributed by atoms with Crippen LogP contribution in [0.25, 0.3) is 0 Å². The monoisotopic (exact) mass is 1910 g/mol. The lowest BCUT2D eigenvalue weighted by Crippen LogP contribution is -2.52. The number of fused-ring (bicyclic) bond motifs is 1. The van der Waals surface area contributed by atoms with Crippen LogP contribution >= 0.6 is 11.8 Å². The van der Waals surface area contributed by atoms with E-state index in [1.807, 2.05) is 0 Å². The number of imide groups is 1. The van der Waals surface area contributed by atoms with E-state index in [9.17, 15) is 142 Å². The lowest BCUT2D eigenvalue weighted by molar-refractivity contribution is -0.143. The average Bonchev–Trinajstić information content (AvgIpc) is 1.64. The third-order valence-corrected chi connectivity index (χ3v) is 23.7. The molecule has 5 rings (SSSR count). The van der Waals surface area contributed by atoms with Crippen LogP contribution in [0, 0.1) is 47.3 Å². The molecule has 0 bridgehead atoms. The standard InChI is InChI=1S/C93H126N12O29S/c1-8-51(4)83(77(117)39-58(34-56-19-23-62(110)24-20-56)86(127)100-69(33-50(2)3)73(113)37-59(41-81(122)123)85(126)98-52(5)15-12-13-29-94)104-88(129)61(46-106)40-74(114)70(36-57-21-25-63(111)26-22-57)101-87(128)60(42-82(124)125)38-75(115)72(47-107)103-90(131)67(54(7)109)44-76(116)71(35-55-16-10-9-11-17-55)102-89(130)66(53(6)108)43-64(112)45-97-91(132)68(27-28-80(120)121)99-79(119)49-135-48-78(118)95-31-32-105-92(133)65-18-14-30-96-84(65)93(105)134/h9-11,14,16-26,30,50-54,58-61,66-72,83,106-111H,8,12-13,15,27-29,31-49,94H2,1-7H3,(H,95,118)(H,97,132)(H,98,126)(H,99,119)(H,100,127)(H,101,128)(H,102,130)(H,103,131)(H,104,129)(H,120,121)(H,122,123)(H,124,125)/t51-,52+,53+,54+,58+,59-,60-,61-,66-,67-,68-,69-,70-,71-,72-,83-/m0/s1. The molecule has 0 unspecified atom stereocenters. The van der Waals surface area contributed by atoms with Gasteiger partial charge in [-0.3, -0.25) is 106 Å². The number of aliphatic carboxylic acids is 3. The van der Waals surface area contributed by atoms with Crippen molar-refractivity contribution in [2.24, 2.45) is 53.1 Å². The van der Waals surface area contributed by atoms with Crippen LogP contribution < -0.4 is 53.6 Å². The van der Waals surface area contributed by atoms with Gasteiger partial charge in [0.25, 0.3) is 11.8 Å². The average molecular weight is 1910 g/mol. The Bertz CT molecular complexity index is 4750. The molecule has 135 heavy (non-hydrogen) atoms. The second kappa shape index (κ2) is 57.2. The first-order valence-corrected chi connectivity index (χ1v) is 45.8. The molecule has 0 radical (unpaired) electrons. The summed E-state index contributed by atoms with van der Waals surface area (Å²) in [5.74, 6) is -31.5. The fraction of sp³-hybridized carbons (Fsp3) is 0.538. The zero-order valence-electron chi connectivity index (χ0n) is 76.5. The second-order valence-electron chi connectivity index (χ2n) is 34.3. The van der Waals surface area contributed by atoms with Crippen molar-refractivity contribution in [2.45, 2.75) is 219 Å². The van der Waals surface area contributed by atoms with Gasteiger partial charge in [0.1, 0.15) is 29.3 Å². The number of nitrogens with two attached hydrogens (primary N) is 1. The van der Waals surface area contributed by atoms with Crippen molar-refractivity contribution in [1.82, 2.24) is 57.7 Å². The lowest BCUT2D eigenvalue weighted by Gasteiger charge is -2.28. The molecule has 1 aliphatic rings. The fourth-order valence-electron chi connectivity index (χ4n) is 14.9. The summed E-state index contributed by atoms with van der Waals surface area (Å²) < 4.78 is 0. The van der Waals surface area contributed by atoms with Crippen molar-refractivity contribution < 1.29 is 142 Å². The molecular weight excluding hydrogens is 1780 g/mol. The third-order valence-electron chi connectivity index (χ3n) is 22.8. The summed E-state index contributed by atoms with van der Waals surface area (Å²) in [6, 6.07) is 11.6. The highest BCUT2D eigenvalue weighted by Gasteiger charge is 2.42. The molecule has 20 N–H and O–H groups in total. The molecule has 0 spiro atoms. The summed E-state index contributed by atoms with van der Waals surface area (Å²) in [4.78, 5) is 278. The van der Waals surface area contributed by atoms with Gasteiger partial charge in [-0.2, -0.15) is 0 Å². The summed E-state index contributed by atoms with van der Waals surface area (Å²) in [5.41, 5.74) is 6.83. The Morgan fingerprint density at radius 2 is 0.941 bits per heavy atom. The lowest BCUT2D eigenvalue weighted by atomic mass is 9.85. The largest absolute Gasteiger partial charge is 0.508 e. The second-order valence-corrected chi connectivity index (χ2v) is 35.3. The highest BCUT2D eigenvalue weighted by Crippen LogP contribution is 2.27. The highest BCUT2D eigenvalue weighted by molar-refractivity contribution is 8.00. The van der Waals surface area contributed by atoms with Crippen LogP contribution in [-0.2, 0) is 106 Å². The Labute approximate surface area is 784 Å². The van der Waals surface area contributed by atoms with Crippen molar-refractivity contribution in [2.75, 3.05) is 50.9 Å². The smallest absolute Gasteiger partial charge is 0.304 e. The van der Waals surface area contributed by atoms with E-state index in [1.54, 1.807) is 65.0 Å². The predicted octanol–water partition coefficient (Wildman–Crippen LogP) is 0.430. The number of rotatable bonds is 65. The molecule has 0 saturated heterocycles. The molecule has 0 fully saturated rings. The van der Waals surface area contributed by atoms with Crippen LogP contribution in [-0.4, -0.2) is 279 Å². The van der Waals surface area contributed by atoms with Crippen LogP contribution in [0.4, 0.5) is 0 Å². The molecule has 4 aromatic rings. The van der Waals surface area contributed by atoms with Gasteiger partial charge in [0.05, 0.1) is 116 Å². The zero-order valence-corrected chi connectivity index (χ0v) is 77.3. The van der Waals surface area contributed by atoms with Gasteiger partial charge in [0, 0.05) is 76.2 Å². The van der Waals surface area contributed by atoms with Crippen molar-refractivity contribution in [3.05, 3.63) is 125 Å². The Balaban J connectivity index is 1.28. The number of pyridine rings is 1. The maximum absolute atomic E-state index is 14.9. The number of nitrogens with zero attached hydrogens (tertiary/aromatic N) is 2. The first-order valence-electron chi connectivity index (χ1n) is 44.6. The summed E-state index contributed by atoms with van der Waals surface area (Å²) in [6.45, 7) is 7.70. The number of carboxylic acids is 3. The van der Waals surface area contributed by atoms with Crippen LogP contribution in [0.1, 0.15) is 182 Å². The molecule has 0 aliphatic carbocycles. The topological polar surface area (TPSA) is 674 Å². The van der Waals surface area contributed by atoms with Crippen molar-refractivity contribution in [1.29, 1.82) is 0 Å². The van der Waals surface area contributed by atoms with E-state index in [1.165, 1.54) is 66.9 Å². The molecule has 41 nitrogen and oxygen atoms in total. The fourth-order valence-corrected chi connectivity index (χ4v) is 15.6. The molecule has 3 aromatic carbocycles. The molecule has 2 heterocycles. The molecular formula is C93H126N12O29S. The maximum Gasteiger partial charge on any atom is 0.304 e. The predicted molar refractivity (Wildman–Crippen MR) is 485 cm³/mol. The quantitative estimate of drug-likeness (QED) is 0.0210. The minimum atomic E-state index is -2.01. The van der Waals surface area contributed by atoms with E-state index in [0.29, 0.717) is 36.9 Å². The minimum absolute atomic E-state index is 0.0208. The van der Waals surface area contributed by atoms with E-state index >= 15 is 0 Å². The Morgan fingerprint density at radius 1 is 0.452 bits per heavy atom. The van der Waals surface area contributed by atoms with Crippen LogP contribution in [0.5, 0.6) is 11.5 Å². The summed E-state index contributed by atoms with van der Waals surface area (Å²) in [7, 11) is 0. The number of ketones is 6. The van der Waals surface area contributed by atoms with Crippen LogP contribution in [0.15, 0.2) is 97.2 Å². The molecule has 738 valence electrons. The summed E-state index contributed by atoms with van der Waals surface area (Å²) in [6.07, 6.45) is -8.78. The normalized spacial score (nSPS) is 15.3. The molecule has 16 atom stereocenters. The van der Waals surface area contributed by atoms with Gasteiger partial charge in [0.2, 0.25) is 53.2 Å². The number of aliphatic hydroxyl groups excluding tert-OH is 4. The Morgan fingerprint density at radius 3 is 1.47 bits per heavy atom. The number of amides is 11. The number of benzene rings is 3. The number of carbonyl (C=O) groups excluding carboxylic acids is 17. The molecule has 1 aliphatic heterocycles.